The smallest absolute Gasteiger partial charge is 0.259 e. The van der Waals surface area contributed by atoms with Crippen molar-refractivity contribution in [3.8, 4) is 5.75 Å². The van der Waals surface area contributed by atoms with Gasteiger partial charge in [-0.15, -0.1) is 0 Å². The molecule has 0 spiro atoms. The molecule has 0 N–H and O–H groups in total. The molecule has 0 saturated heterocycles. The highest BCUT2D eigenvalue weighted by atomic mass is 35.5. The Morgan fingerprint density at radius 3 is 2.81 bits per heavy atom. The van der Waals surface area contributed by atoms with E-state index in [1.807, 2.05) is 10.8 Å². The van der Waals surface area contributed by atoms with Gasteiger partial charge in [-0.2, -0.15) is 0 Å². The third-order valence-corrected chi connectivity index (χ3v) is 4.12. The van der Waals surface area contributed by atoms with Gasteiger partial charge in [-0.25, -0.2) is 4.98 Å². The van der Waals surface area contributed by atoms with Gasteiger partial charge < -0.3 is 14.2 Å². The molecule has 2 heterocycles. The van der Waals surface area contributed by atoms with Gasteiger partial charge in [-0.1, -0.05) is 23.2 Å². The summed E-state index contributed by atoms with van der Waals surface area (Å²) in [6, 6.07) is 3.22. The molecule has 1 aromatic carbocycles. The third kappa shape index (κ3) is 2.47. The van der Waals surface area contributed by atoms with Crippen molar-refractivity contribution in [3.63, 3.8) is 0 Å². The van der Waals surface area contributed by atoms with Crippen LogP contribution in [-0.2, 0) is 13.1 Å². The number of benzene rings is 1. The zero-order valence-corrected chi connectivity index (χ0v) is 12.9. The lowest BCUT2D eigenvalue weighted by molar-refractivity contribution is 0.0704. The van der Waals surface area contributed by atoms with E-state index in [2.05, 4.69) is 4.98 Å². The summed E-state index contributed by atoms with van der Waals surface area (Å²) < 4.78 is 7.27. The van der Waals surface area contributed by atoms with Gasteiger partial charge >= 0.3 is 0 Å². The number of ether oxygens (including phenoxy) is 1. The van der Waals surface area contributed by atoms with Crippen LogP contribution in [0.3, 0.4) is 0 Å². The molecule has 0 unspecified atom stereocenters. The zero-order chi connectivity index (χ0) is 15.0. The molecule has 0 fully saturated rings. The summed E-state index contributed by atoms with van der Waals surface area (Å²) in [5, 5.41) is 0.693. The van der Waals surface area contributed by atoms with Crippen molar-refractivity contribution >= 4 is 29.1 Å². The standard InChI is InChI=1S/C14H13Cl2N3O2/c1-21-13-10(16)3-2-9(15)12(13)14(20)19-7-6-18-5-4-17-11(18)8-19/h2-5H,6-8H2,1H3. The van der Waals surface area contributed by atoms with Gasteiger partial charge in [0, 0.05) is 25.5 Å². The van der Waals surface area contributed by atoms with Crippen molar-refractivity contribution < 1.29 is 9.53 Å². The van der Waals surface area contributed by atoms with E-state index in [9.17, 15) is 4.79 Å². The quantitative estimate of drug-likeness (QED) is 0.853. The fourth-order valence-corrected chi connectivity index (χ4v) is 2.90. The first-order valence-electron chi connectivity index (χ1n) is 6.43. The van der Waals surface area contributed by atoms with E-state index in [-0.39, 0.29) is 5.91 Å². The molecule has 21 heavy (non-hydrogen) atoms. The van der Waals surface area contributed by atoms with Crippen LogP contribution in [-0.4, -0.2) is 34.0 Å². The number of amides is 1. The molecule has 110 valence electrons. The summed E-state index contributed by atoms with van der Waals surface area (Å²) in [6.07, 6.45) is 3.64. The number of rotatable bonds is 2. The Balaban J connectivity index is 1.95. The molecule has 0 radical (unpaired) electrons. The average Bonchev–Trinajstić information content (AvgIpc) is 2.96. The van der Waals surface area contributed by atoms with Gasteiger partial charge in [0.15, 0.2) is 5.75 Å². The fourth-order valence-electron chi connectivity index (χ4n) is 2.44. The highest BCUT2D eigenvalue weighted by molar-refractivity contribution is 6.37. The Bertz CT molecular complexity index is 700. The second-order valence-electron chi connectivity index (χ2n) is 4.70. The van der Waals surface area contributed by atoms with Crippen LogP contribution in [0.25, 0.3) is 0 Å². The Kier molecular flexibility index (Phi) is 3.78. The lowest BCUT2D eigenvalue weighted by atomic mass is 10.1. The summed E-state index contributed by atoms with van der Waals surface area (Å²) in [6.45, 7) is 1.74. The van der Waals surface area contributed by atoms with Crippen LogP contribution in [0.15, 0.2) is 24.5 Å². The fraction of sp³-hybridized carbons (Fsp3) is 0.286. The van der Waals surface area contributed by atoms with E-state index in [1.54, 1.807) is 23.2 Å². The Hall–Kier alpha value is -1.72. The van der Waals surface area contributed by atoms with E-state index in [0.717, 1.165) is 5.82 Å². The van der Waals surface area contributed by atoms with Crippen LogP contribution in [0.4, 0.5) is 0 Å². The zero-order valence-electron chi connectivity index (χ0n) is 11.3. The number of fused-ring (bicyclic) bond motifs is 1. The monoisotopic (exact) mass is 325 g/mol. The second-order valence-corrected chi connectivity index (χ2v) is 5.52. The lowest BCUT2D eigenvalue weighted by Crippen LogP contribution is -2.38. The van der Waals surface area contributed by atoms with Gasteiger partial charge in [-0.05, 0) is 12.1 Å². The van der Waals surface area contributed by atoms with E-state index < -0.39 is 0 Å². The third-order valence-electron chi connectivity index (χ3n) is 3.51. The van der Waals surface area contributed by atoms with Crippen LogP contribution >= 0.6 is 23.2 Å². The van der Waals surface area contributed by atoms with Gasteiger partial charge in [0.2, 0.25) is 0 Å². The van der Waals surface area contributed by atoms with Crippen molar-refractivity contribution in [1.29, 1.82) is 0 Å². The largest absolute Gasteiger partial charge is 0.494 e. The van der Waals surface area contributed by atoms with Crippen LogP contribution in [0, 0.1) is 0 Å². The molecule has 1 aliphatic heterocycles. The summed E-state index contributed by atoms with van der Waals surface area (Å²) in [5.74, 6) is 0.961. The number of aromatic nitrogens is 2. The van der Waals surface area contributed by atoms with E-state index >= 15 is 0 Å². The Labute approximate surface area is 132 Å². The molecule has 0 atom stereocenters. The van der Waals surface area contributed by atoms with Gasteiger partial charge in [0.05, 0.1) is 23.7 Å². The highest BCUT2D eigenvalue weighted by Crippen LogP contribution is 2.35. The SMILES string of the molecule is COc1c(Cl)ccc(Cl)c1C(=O)N1CCn2ccnc2C1. The lowest BCUT2D eigenvalue weighted by Gasteiger charge is -2.28. The number of methoxy groups -OCH3 is 1. The summed E-state index contributed by atoms with van der Waals surface area (Å²) in [5.41, 5.74) is 0.298. The molecular weight excluding hydrogens is 313 g/mol. The van der Waals surface area contributed by atoms with Crippen LogP contribution in [0.1, 0.15) is 16.2 Å². The van der Waals surface area contributed by atoms with Crippen molar-refractivity contribution in [2.45, 2.75) is 13.1 Å². The molecule has 1 aliphatic rings. The highest BCUT2D eigenvalue weighted by Gasteiger charge is 2.27. The van der Waals surface area contributed by atoms with E-state index in [1.165, 1.54) is 7.11 Å². The van der Waals surface area contributed by atoms with E-state index in [4.69, 9.17) is 27.9 Å². The molecule has 5 nitrogen and oxygen atoms in total. The Morgan fingerprint density at radius 1 is 1.29 bits per heavy atom. The van der Waals surface area contributed by atoms with Crippen molar-refractivity contribution in [2.24, 2.45) is 0 Å². The van der Waals surface area contributed by atoms with Gasteiger partial charge in [0.25, 0.3) is 5.91 Å². The number of carbonyl (C=O) groups excluding carboxylic acids is 1. The van der Waals surface area contributed by atoms with Crippen molar-refractivity contribution in [3.05, 3.63) is 46.0 Å². The van der Waals surface area contributed by atoms with Crippen LogP contribution in [0.5, 0.6) is 5.75 Å². The number of carbonyl (C=O) groups is 1. The van der Waals surface area contributed by atoms with Crippen LogP contribution in [0.2, 0.25) is 10.0 Å². The van der Waals surface area contributed by atoms with Gasteiger partial charge in [-0.3, -0.25) is 4.79 Å². The number of hydrogen-bond acceptors (Lipinski definition) is 3. The molecule has 2 aromatic rings. The van der Waals surface area contributed by atoms with Crippen molar-refractivity contribution in [1.82, 2.24) is 14.5 Å². The summed E-state index contributed by atoms with van der Waals surface area (Å²) in [7, 11) is 1.47. The molecule has 0 bridgehead atoms. The molecule has 7 heteroatoms. The second kappa shape index (κ2) is 5.58. The molecule has 1 amide bonds. The molecule has 1 aromatic heterocycles. The maximum Gasteiger partial charge on any atom is 0.259 e. The first-order chi connectivity index (χ1) is 10.1. The summed E-state index contributed by atoms with van der Waals surface area (Å²) in [4.78, 5) is 18.7. The minimum atomic E-state index is -0.200. The first-order valence-corrected chi connectivity index (χ1v) is 7.18. The Morgan fingerprint density at radius 2 is 2.05 bits per heavy atom. The normalized spacial score (nSPS) is 14.0. The van der Waals surface area contributed by atoms with E-state index in [0.29, 0.717) is 41.0 Å². The van der Waals surface area contributed by atoms with Gasteiger partial charge in [0.1, 0.15) is 11.4 Å². The molecule has 0 saturated carbocycles. The number of imidazole rings is 1. The predicted molar refractivity (Wildman–Crippen MR) is 80.0 cm³/mol. The number of halogens is 2. The maximum atomic E-state index is 12.7. The van der Waals surface area contributed by atoms with Crippen molar-refractivity contribution in [2.75, 3.05) is 13.7 Å². The number of nitrogens with zero attached hydrogens (tertiary/aromatic N) is 3. The first kappa shape index (κ1) is 14.2. The average molecular weight is 326 g/mol. The van der Waals surface area contributed by atoms with Crippen LogP contribution < -0.4 is 4.74 Å². The maximum absolute atomic E-state index is 12.7. The minimum absolute atomic E-state index is 0.200. The minimum Gasteiger partial charge on any atom is -0.494 e. The molecular formula is C14H13Cl2N3O2. The molecule has 3 rings (SSSR count). The molecule has 0 aliphatic carbocycles. The topological polar surface area (TPSA) is 47.4 Å². The predicted octanol–water partition coefficient (Wildman–Crippen LogP) is 2.85. The number of hydrogen-bond donors (Lipinski definition) is 0. The summed E-state index contributed by atoms with van der Waals surface area (Å²) >= 11 is 12.2.